The third kappa shape index (κ3) is 1.32. The fourth-order valence-corrected chi connectivity index (χ4v) is 1.46. The third-order valence-electron chi connectivity index (χ3n) is 2.24. The van der Waals surface area contributed by atoms with Crippen LogP contribution in [0.4, 0.5) is 0 Å². The number of aromatic hydroxyl groups is 1. The Balaban J connectivity index is 2.77. The van der Waals surface area contributed by atoms with Gasteiger partial charge in [-0.25, -0.2) is 0 Å². The first-order valence-electron chi connectivity index (χ1n) is 4.41. The SMILES string of the molecule is Cc1ccc2c(O)c(CO)ccc2n1. The molecule has 0 aliphatic carbocycles. The summed E-state index contributed by atoms with van der Waals surface area (Å²) in [5.41, 5.74) is 2.19. The van der Waals surface area contributed by atoms with Crippen LogP contribution in [0.15, 0.2) is 24.3 Å². The van der Waals surface area contributed by atoms with Gasteiger partial charge in [0.1, 0.15) is 5.75 Å². The molecule has 0 spiro atoms. The minimum atomic E-state index is -0.157. The molecule has 0 fully saturated rings. The maximum Gasteiger partial charge on any atom is 0.130 e. The third-order valence-corrected chi connectivity index (χ3v) is 2.24. The molecule has 0 radical (unpaired) electrons. The molecule has 72 valence electrons. The molecule has 1 aromatic heterocycles. The summed E-state index contributed by atoms with van der Waals surface area (Å²) >= 11 is 0. The molecular formula is C11H11NO2. The lowest BCUT2D eigenvalue weighted by atomic mass is 10.1. The summed E-state index contributed by atoms with van der Waals surface area (Å²) in [7, 11) is 0. The van der Waals surface area contributed by atoms with Crippen molar-refractivity contribution in [3.63, 3.8) is 0 Å². The van der Waals surface area contributed by atoms with Gasteiger partial charge in [-0.3, -0.25) is 4.98 Å². The van der Waals surface area contributed by atoms with Crippen molar-refractivity contribution in [2.75, 3.05) is 0 Å². The number of nitrogens with zero attached hydrogens (tertiary/aromatic N) is 1. The van der Waals surface area contributed by atoms with Crippen molar-refractivity contribution < 1.29 is 10.2 Å². The Morgan fingerprint density at radius 1 is 1.21 bits per heavy atom. The molecule has 0 unspecified atom stereocenters. The van der Waals surface area contributed by atoms with Gasteiger partial charge in [-0.1, -0.05) is 6.07 Å². The minimum absolute atomic E-state index is 0.123. The van der Waals surface area contributed by atoms with Crippen molar-refractivity contribution in [3.8, 4) is 5.75 Å². The molecule has 2 N–H and O–H groups in total. The second-order valence-corrected chi connectivity index (χ2v) is 3.25. The number of rotatable bonds is 1. The molecule has 1 aromatic carbocycles. The quantitative estimate of drug-likeness (QED) is 0.718. The highest BCUT2D eigenvalue weighted by Gasteiger charge is 2.05. The monoisotopic (exact) mass is 189 g/mol. The summed E-state index contributed by atoms with van der Waals surface area (Å²) in [5, 5.41) is 19.4. The van der Waals surface area contributed by atoms with E-state index in [4.69, 9.17) is 5.11 Å². The van der Waals surface area contributed by atoms with Crippen LogP contribution in [0.1, 0.15) is 11.3 Å². The molecule has 0 saturated carbocycles. The van der Waals surface area contributed by atoms with Crippen LogP contribution in [0.25, 0.3) is 10.9 Å². The first-order valence-corrected chi connectivity index (χ1v) is 4.41. The molecule has 0 atom stereocenters. The highest BCUT2D eigenvalue weighted by molar-refractivity contribution is 5.86. The van der Waals surface area contributed by atoms with Crippen LogP contribution in [0.5, 0.6) is 5.75 Å². The molecule has 3 nitrogen and oxygen atoms in total. The fourth-order valence-electron chi connectivity index (χ4n) is 1.46. The van der Waals surface area contributed by atoms with Crippen LogP contribution in [0, 0.1) is 6.92 Å². The number of aromatic nitrogens is 1. The Hall–Kier alpha value is -1.61. The Labute approximate surface area is 81.7 Å². The van der Waals surface area contributed by atoms with Crippen LogP contribution in [-0.2, 0) is 6.61 Å². The van der Waals surface area contributed by atoms with Gasteiger partial charge in [-0.15, -0.1) is 0 Å². The molecular weight excluding hydrogens is 178 g/mol. The number of phenols is 1. The van der Waals surface area contributed by atoms with Crippen molar-refractivity contribution in [1.29, 1.82) is 0 Å². The van der Waals surface area contributed by atoms with E-state index < -0.39 is 0 Å². The van der Waals surface area contributed by atoms with Crippen LogP contribution >= 0.6 is 0 Å². The van der Waals surface area contributed by atoms with Crippen molar-refractivity contribution in [2.24, 2.45) is 0 Å². The van der Waals surface area contributed by atoms with E-state index in [1.807, 2.05) is 19.1 Å². The molecule has 2 rings (SSSR count). The second kappa shape index (κ2) is 3.27. The zero-order valence-corrected chi connectivity index (χ0v) is 7.86. The van der Waals surface area contributed by atoms with Crippen LogP contribution in [0.2, 0.25) is 0 Å². The number of hydrogen-bond acceptors (Lipinski definition) is 3. The zero-order valence-electron chi connectivity index (χ0n) is 7.86. The van der Waals surface area contributed by atoms with Gasteiger partial charge >= 0.3 is 0 Å². The van der Waals surface area contributed by atoms with Gasteiger partial charge in [-0.05, 0) is 25.1 Å². The predicted molar refractivity (Wildman–Crippen MR) is 54.1 cm³/mol. The Kier molecular flexibility index (Phi) is 2.09. The van der Waals surface area contributed by atoms with E-state index in [1.54, 1.807) is 12.1 Å². The smallest absolute Gasteiger partial charge is 0.130 e. The van der Waals surface area contributed by atoms with E-state index in [9.17, 15) is 5.11 Å². The Morgan fingerprint density at radius 2 is 2.00 bits per heavy atom. The van der Waals surface area contributed by atoms with Crippen molar-refractivity contribution >= 4 is 10.9 Å². The van der Waals surface area contributed by atoms with Gasteiger partial charge in [-0.2, -0.15) is 0 Å². The number of benzene rings is 1. The van der Waals surface area contributed by atoms with Crippen molar-refractivity contribution in [3.05, 3.63) is 35.5 Å². The van der Waals surface area contributed by atoms with E-state index >= 15 is 0 Å². The molecule has 1 heterocycles. The van der Waals surface area contributed by atoms with Gasteiger partial charge in [0, 0.05) is 16.6 Å². The predicted octanol–water partition coefficient (Wildman–Crippen LogP) is 1.74. The summed E-state index contributed by atoms with van der Waals surface area (Å²) < 4.78 is 0. The summed E-state index contributed by atoms with van der Waals surface area (Å²) in [5.74, 6) is 0.123. The standard InChI is InChI=1S/C11H11NO2/c1-7-2-4-9-10(12-7)5-3-8(6-13)11(9)14/h2-5,13-14H,6H2,1H3. The van der Waals surface area contributed by atoms with Crippen molar-refractivity contribution in [2.45, 2.75) is 13.5 Å². The van der Waals surface area contributed by atoms with Gasteiger partial charge in [0.25, 0.3) is 0 Å². The topological polar surface area (TPSA) is 53.4 Å². The summed E-state index contributed by atoms with van der Waals surface area (Å²) in [6.45, 7) is 1.74. The average Bonchev–Trinajstić information content (AvgIpc) is 2.18. The van der Waals surface area contributed by atoms with E-state index in [0.717, 1.165) is 11.2 Å². The molecule has 0 aliphatic rings. The lowest BCUT2D eigenvalue weighted by Crippen LogP contribution is -1.88. The maximum atomic E-state index is 9.74. The molecule has 0 bridgehead atoms. The lowest BCUT2D eigenvalue weighted by molar-refractivity contribution is 0.276. The highest BCUT2D eigenvalue weighted by atomic mass is 16.3. The maximum absolute atomic E-state index is 9.74. The van der Waals surface area contributed by atoms with E-state index in [1.165, 1.54) is 0 Å². The molecule has 0 aliphatic heterocycles. The summed E-state index contributed by atoms with van der Waals surface area (Å²) in [4.78, 5) is 4.27. The highest BCUT2D eigenvalue weighted by Crippen LogP contribution is 2.27. The van der Waals surface area contributed by atoms with Crippen LogP contribution in [0.3, 0.4) is 0 Å². The van der Waals surface area contributed by atoms with Crippen LogP contribution in [-0.4, -0.2) is 15.2 Å². The van der Waals surface area contributed by atoms with Gasteiger partial charge in [0.2, 0.25) is 0 Å². The number of aryl methyl sites for hydroxylation is 1. The van der Waals surface area contributed by atoms with E-state index in [2.05, 4.69) is 4.98 Å². The van der Waals surface area contributed by atoms with Gasteiger partial charge < -0.3 is 10.2 Å². The largest absolute Gasteiger partial charge is 0.507 e. The second-order valence-electron chi connectivity index (χ2n) is 3.25. The summed E-state index contributed by atoms with van der Waals surface area (Å²) in [6, 6.07) is 7.13. The van der Waals surface area contributed by atoms with E-state index in [0.29, 0.717) is 10.9 Å². The molecule has 0 saturated heterocycles. The van der Waals surface area contributed by atoms with Crippen molar-refractivity contribution in [1.82, 2.24) is 4.98 Å². The number of aliphatic hydroxyl groups is 1. The number of aliphatic hydroxyl groups excluding tert-OH is 1. The fraction of sp³-hybridized carbons (Fsp3) is 0.182. The normalized spacial score (nSPS) is 10.7. The molecule has 14 heavy (non-hydrogen) atoms. The minimum Gasteiger partial charge on any atom is -0.507 e. The molecule has 2 aromatic rings. The Bertz CT molecular complexity index is 480. The van der Waals surface area contributed by atoms with E-state index in [-0.39, 0.29) is 12.4 Å². The number of pyridine rings is 1. The molecule has 0 amide bonds. The number of hydrogen-bond donors (Lipinski definition) is 2. The molecule has 3 heteroatoms. The average molecular weight is 189 g/mol. The van der Waals surface area contributed by atoms with Crippen LogP contribution < -0.4 is 0 Å². The Morgan fingerprint density at radius 3 is 2.71 bits per heavy atom. The first-order chi connectivity index (χ1) is 6.72. The lowest BCUT2D eigenvalue weighted by Gasteiger charge is -2.05. The van der Waals surface area contributed by atoms with Gasteiger partial charge in [0.05, 0.1) is 12.1 Å². The zero-order chi connectivity index (χ0) is 10.1. The summed E-state index contributed by atoms with van der Waals surface area (Å²) in [6.07, 6.45) is 0. The number of fused-ring (bicyclic) bond motifs is 1. The van der Waals surface area contributed by atoms with Gasteiger partial charge in [0.15, 0.2) is 0 Å². The first kappa shape index (κ1) is 8.97.